The number of hydrogen-bond donors (Lipinski definition) is 1. The summed E-state index contributed by atoms with van der Waals surface area (Å²) in [5.41, 5.74) is 6.18. The average Bonchev–Trinajstić information content (AvgIpc) is 2.22. The van der Waals surface area contributed by atoms with Crippen molar-refractivity contribution in [1.82, 2.24) is 4.90 Å². The molecule has 0 heterocycles. The minimum atomic E-state index is 0.305. The van der Waals surface area contributed by atoms with Gasteiger partial charge in [-0.3, -0.25) is 0 Å². The molecule has 0 bridgehead atoms. The normalized spacial score (nSPS) is 12.1. The zero-order chi connectivity index (χ0) is 12.1. The lowest BCUT2D eigenvalue weighted by Gasteiger charge is -2.07. The molecule has 0 unspecified atom stereocenters. The van der Waals surface area contributed by atoms with Crippen molar-refractivity contribution in [3.05, 3.63) is 33.8 Å². The molecule has 1 aromatic carbocycles. The van der Waals surface area contributed by atoms with Crippen molar-refractivity contribution in [2.45, 2.75) is 0 Å². The Morgan fingerprint density at radius 3 is 2.38 bits per heavy atom. The highest BCUT2D eigenvalue weighted by molar-refractivity contribution is 6.38. The van der Waals surface area contributed by atoms with Gasteiger partial charge in [0, 0.05) is 19.7 Å². The van der Waals surface area contributed by atoms with Crippen molar-refractivity contribution in [1.29, 1.82) is 0 Å². The van der Waals surface area contributed by atoms with E-state index < -0.39 is 0 Å². The first-order valence-electron chi connectivity index (χ1n) is 4.50. The van der Waals surface area contributed by atoms with Gasteiger partial charge in [-0.15, -0.1) is 5.10 Å². The fraction of sp³-hybridized carbons (Fsp3) is 0.200. The number of halogens is 2. The maximum absolute atomic E-state index is 5.94. The first kappa shape index (κ1) is 12.8. The molecule has 1 aromatic rings. The second-order valence-corrected chi connectivity index (χ2v) is 4.05. The molecule has 4 nitrogen and oxygen atoms in total. The van der Waals surface area contributed by atoms with E-state index in [-0.39, 0.29) is 0 Å². The summed E-state index contributed by atoms with van der Waals surface area (Å²) in [5, 5.41) is 8.63. The summed E-state index contributed by atoms with van der Waals surface area (Å²) in [6.45, 7) is 0. The average molecular weight is 259 g/mol. The summed E-state index contributed by atoms with van der Waals surface area (Å²) < 4.78 is 0. The largest absolute Gasteiger partial charge is 0.368 e. The van der Waals surface area contributed by atoms with Gasteiger partial charge in [0.05, 0.1) is 16.3 Å². The number of nitrogens with two attached hydrogens (primary N) is 1. The van der Waals surface area contributed by atoms with Gasteiger partial charge in [0.15, 0.2) is 0 Å². The fourth-order valence-electron chi connectivity index (χ4n) is 0.869. The van der Waals surface area contributed by atoms with Crippen LogP contribution < -0.4 is 5.73 Å². The molecule has 0 fully saturated rings. The Morgan fingerprint density at radius 1 is 1.31 bits per heavy atom. The van der Waals surface area contributed by atoms with E-state index in [9.17, 15) is 0 Å². The van der Waals surface area contributed by atoms with Gasteiger partial charge in [-0.2, -0.15) is 5.10 Å². The first-order valence-corrected chi connectivity index (χ1v) is 5.26. The Bertz CT molecular complexity index is 407. The molecule has 0 aromatic heterocycles. The van der Waals surface area contributed by atoms with E-state index >= 15 is 0 Å². The molecule has 0 radical (unpaired) electrons. The third-order valence-electron chi connectivity index (χ3n) is 1.80. The standard InChI is InChI=1S/C10H12Cl2N4/c1-16(2)10(13)15-14-6-7-8(11)4-3-5-9(7)12/h3-6H,1-2H3,(H2,13,15). The highest BCUT2D eigenvalue weighted by atomic mass is 35.5. The van der Waals surface area contributed by atoms with Gasteiger partial charge in [-0.25, -0.2) is 0 Å². The molecular weight excluding hydrogens is 247 g/mol. The summed E-state index contributed by atoms with van der Waals surface area (Å²) in [6, 6.07) is 5.22. The minimum Gasteiger partial charge on any atom is -0.368 e. The van der Waals surface area contributed by atoms with Crippen molar-refractivity contribution < 1.29 is 0 Å². The Morgan fingerprint density at radius 2 is 1.88 bits per heavy atom. The minimum absolute atomic E-state index is 0.305. The molecule has 86 valence electrons. The summed E-state index contributed by atoms with van der Waals surface area (Å²) in [7, 11) is 3.55. The molecule has 0 spiro atoms. The summed E-state index contributed by atoms with van der Waals surface area (Å²) >= 11 is 11.9. The number of rotatable bonds is 2. The highest BCUT2D eigenvalue weighted by Crippen LogP contribution is 2.22. The maximum Gasteiger partial charge on any atom is 0.215 e. The van der Waals surface area contributed by atoms with Gasteiger partial charge in [0.1, 0.15) is 0 Å². The third-order valence-corrected chi connectivity index (χ3v) is 2.46. The molecule has 0 aliphatic rings. The monoisotopic (exact) mass is 258 g/mol. The Labute approximate surface area is 104 Å². The molecule has 0 saturated carbocycles. The van der Waals surface area contributed by atoms with Crippen molar-refractivity contribution in [2.75, 3.05) is 14.1 Å². The molecule has 6 heteroatoms. The topological polar surface area (TPSA) is 54.0 Å². The van der Waals surface area contributed by atoms with Crippen LogP contribution >= 0.6 is 23.2 Å². The van der Waals surface area contributed by atoms with Crippen LogP contribution in [0.3, 0.4) is 0 Å². The van der Waals surface area contributed by atoms with Gasteiger partial charge in [0.2, 0.25) is 5.96 Å². The molecule has 2 N–H and O–H groups in total. The van der Waals surface area contributed by atoms with E-state index in [4.69, 9.17) is 28.9 Å². The predicted molar refractivity (Wildman–Crippen MR) is 69.4 cm³/mol. The van der Waals surface area contributed by atoms with Crippen molar-refractivity contribution in [2.24, 2.45) is 15.9 Å². The molecular formula is C10H12Cl2N4. The SMILES string of the molecule is CN(C)/C(N)=N\N=Cc1c(Cl)cccc1Cl. The van der Waals surface area contributed by atoms with Crippen molar-refractivity contribution in [3.63, 3.8) is 0 Å². The summed E-state index contributed by atoms with van der Waals surface area (Å²) in [4.78, 5) is 1.64. The number of hydrogen-bond acceptors (Lipinski definition) is 2. The van der Waals surface area contributed by atoms with Crippen molar-refractivity contribution >= 4 is 35.4 Å². The summed E-state index contributed by atoms with van der Waals surface area (Å²) in [6.07, 6.45) is 1.47. The molecule has 0 saturated heterocycles. The van der Waals surface area contributed by atoms with Gasteiger partial charge >= 0.3 is 0 Å². The second-order valence-electron chi connectivity index (χ2n) is 3.23. The third kappa shape index (κ3) is 3.40. The summed E-state index contributed by atoms with van der Waals surface area (Å²) in [5.74, 6) is 0.305. The van der Waals surface area contributed by atoms with Crippen LogP contribution in [0.5, 0.6) is 0 Å². The van der Waals surface area contributed by atoms with Gasteiger partial charge in [0.25, 0.3) is 0 Å². The molecule has 0 amide bonds. The predicted octanol–water partition coefficient (Wildman–Crippen LogP) is 2.20. The Balaban J connectivity index is 2.89. The van der Waals surface area contributed by atoms with Crippen molar-refractivity contribution in [3.8, 4) is 0 Å². The van der Waals surface area contributed by atoms with Crippen LogP contribution in [0, 0.1) is 0 Å². The van der Waals surface area contributed by atoms with Crippen LogP contribution in [0.25, 0.3) is 0 Å². The van der Waals surface area contributed by atoms with Crippen LogP contribution in [0.2, 0.25) is 10.0 Å². The zero-order valence-corrected chi connectivity index (χ0v) is 10.5. The van der Waals surface area contributed by atoms with Crippen LogP contribution in [0.4, 0.5) is 0 Å². The van der Waals surface area contributed by atoms with Crippen LogP contribution in [-0.2, 0) is 0 Å². The van der Waals surface area contributed by atoms with E-state index in [1.54, 1.807) is 37.2 Å². The lowest BCUT2D eigenvalue weighted by atomic mass is 10.2. The van der Waals surface area contributed by atoms with Gasteiger partial charge in [-0.05, 0) is 12.1 Å². The molecule has 1 rings (SSSR count). The van der Waals surface area contributed by atoms with Crippen LogP contribution in [0.15, 0.2) is 28.4 Å². The Hall–Kier alpha value is -1.26. The number of guanidine groups is 1. The Kier molecular flexibility index (Phi) is 4.58. The molecule has 0 aliphatic heterocycles. The maximum atomic E-state index is 5.94. The lowest BCUT2D eigenvalue weighted by molar-refractivity contribution is 0.611. The number of nitrogens with zero attached hydrogens (tertiary/aromatic N) is 3. The highest BCUT2D eigenvalue weighted by Gasteiger charge is 2.01. The zero-order valence-electron chi connectivity index (χ0n) is 8.98. The quantitative estimate of drug-likeness (QED) is 0.503. The van der Waals surface area contributed by atoms with Crippen LogP contribution in [0.1, 0.15) is 5.56 Å². The lowest BCUT2D eigenvalue weighted by Crippen LogP contribution is -2.29. The van der Waals surface area contributed by atoms with E-state index in [2.05, 4.69) is 10.2 Å². The second kappa shape index (κ2) is 5.72. The van der Waals surface area contributed by atoms with Gasteiger partial charge in [-0.1, -0.05) is 29.3 Å². The smallest absolute Gasteiger partial charge is 0.215 e. The van der Waals surface area contributed by atoms with E-state index in [0.717, 1.165) is 0 Å². The van der Waals surface area contributed by atoms with E-state index in [1.807, 2.05) is 0 Å². The van der Waals surface area contributed by atoms with Crippen LogP contribution in [-0.4, -0.2) is 31.2 Å². The van der Waals surface area contributed by atoms with E-state index in [1.165, 1.54) is 6.21 Å². The van der Waals surface area contributed by atoms with Gasteiger partial charge < -0.3 is 10.6 Å². The fourth-order valence-corrected chi connectivity index (χ4v) is 1.36. The molecule has 16 heavy (non-hydrogen) atoms. The molecule has 0 aliphatic carbocycles. The molecule has 0 atom stereocenters. The van der Waals surface area contributed by atoms with E-state index in [0.29, 0.717) is 21.6 Å². The first-order chi connectivity index (χ1) is 7.52. The number of benzene rings is 1.